The molecule has 3 N–H and O–H groups in total. The zero-order valence-corrected chi connectivity index (χ0v) is 22.1. The average molecular weight is 532 g/mol. The molecular weight excluding hydrogens is 494 g/mol. The van der Waals surface area contributed by atoms with E-state index in [2.05, 4.69) is 32.2 Å². The Morgan fingerprint density at radius 2 is 1.78 bits per heavy atom. The number of epoxide rings is 1. The van der Waals surface area contributed by atoms with Gasteiger partial charge in [-0.15, -0.1) is 12.4 Å². The summed E-state index contributed by atoms with van der Waals surface area (Å²) < 4.78 is 6.78. The van der Waals surface area contributed by atoms with Crippen molar-refractivity contribution in [1.82, 2.24) is 24.3 Å². The van der Waals surface area contributed by atoms with Crippen LogP contribution in [0.3, 0.4) is 0 Å². The molecule has 0 saturated carbocycles. The van der Waals surface area contributed by atoms with E-state index >= 15 is 0 Å². The minimum absolute atomic E-state index is 0. The second-order valence-electron chi connectivity index (χ2n) is 10.1. The summed E-state index contributed by atoms with van der Waals surface area (Å²) in [6.07, 6.45) is 6.34. The Labute approximate surface area is 224 Å². The van der Waals surface area contributed by atoms with E-state index in [1.54, 1.807) is 17.2 Å². The number of aromatic nitrogens is 2. The maximum absolute atomic E-state index is 12.7. The van der Waals surface area contributed by atoms with Gasteiger partial charge in [-0.3, -0.25) is 14.8 Å². The molecule has 2 atom stereocenters. The van der Waals surface area contributed by atoms with Crippen molar-refractivity contribution in [2.24, 2.45) is 5.73 Å². The van der Waals surface area contributed by atoms with Crippen LogP contribution < -0.4 is 16.7 Å². The molecule has 0 aliphatic carbocycles. The topological polar surface area (TPSA) is 112 Å². The molecule has 3 aliphatic rings. The van der Waals surface area contributed by atoms with Crippen LogP contribution in [0.1, 0.15) is 24.8 Å². The quantitative estimate of drug-likeness (QED) is 0.521. The summed E-state index contributed by atoms with van der Waals surface area (Å²) in [6.45, 7) is 7.92. The van der Waals surface area contributed by atoms with Crippen molar-refractivity contribution in [1.29, 1.82) is 0 Å². The van der Waals surface area contributed by atoms with Gasteiger partial charge in [-0.25, -0.2) is 9.59 Å². The average Bonchev–Trinajstić information content (AvgIpc) is 3.72. The normalized spacial score (nSPS) is 22.7. The lowest BCUT2D eigenvalue weighted by atomic mass is 10.1. The molecule has 3 fully saturated rings. The number of amides is 2. The highest BCUT2D eigenvalue weighted by molar-refractivity contribution is 5.88. The van der Waals surface area contributed by atoms with E-state index in [0.717, 1.165) is 70.8 Å². The molecule has 4 heterocycles. The molecule has 2 unspecified atom stereocenters. The number of hydrogen-bond acceptors (Lipinski definition) is 7. The van der Waals surface area contributed by atoms with Crippen molar-refractivity contribution < 1.29 is 9.53 Å². The number of nitrogens with one attached hydrogen (secondary N) is 1. The molecule has 11 heteroatoms. The zero-order valence-electron chi connectivity index (χ0n) is 21.3. The molecule has 0 bridgehead atoms. The first-order valence-electron chi connectivity index (χ1n) is 13.1. The number of benzene rings is 1. The number of anilines is 1. The highest BCUT2D eigenvalue weighted by atomic mass is 35.5. The fourth-order valence-electron chi connectivity index (χ4n) is 4.97. The van der Waals surface area contributed by atoms with Gasteiger partial charge in [-0.2, -0.15) is 4.98 Å². The van der Waals surface area contributed by atoms with E-state index in [9.17, 15) is 9.59 Å². The van der Waals surface area contributed by atoms with E-state index in [1.807, 2.05) is 12.1 Å². The number of nitrogens with two attached hydrogens (primary N) is 1. The van der Waals surface area contributed by atoms with Gasteiger partial charge in [0.15, 0.2) is 0 Å². The molecule has 202 valence electrons. The Hall–Kier alpha value is -2.50. The molecule has 37 heavy (non-hydrogen) atoms. The Morgan fingerprint density at radius 1 is 1.03 bits per heavy atom. The van der Waals surface area contributed by atoms with Crippen LogP contribution in [-0.4, -0.2) is 101 Å². The van der Waals surface area contributed by atoms with E-state index in [-0.39, 0.29) is 24.3 Å². The molecule has 1 aromatic heterocycles. The first kappa shape index (κ1) is 27.5. The van der Waals surface area contributed by atoms with Crippen LogP contribution in [-0.2, 0) is 11.2 Å². The van der Waals surface area contributed by atoms with Crippen LogP contribution in [0.15, 0.2) is 41.3 Å². The largest absolute Gasteiger partial charge is 0.372 e. The van der Waals surface area contributed by atoms with Crippen LogP contribution in [0.5, 0.6) is 0 Å². The Kier molecular flexibility index (Phi) is 9.55. The number of nitrogens with zero attached hydrogens (tertiary/aromatic N) is 5. The lowest BCUT2D eigenvalue weighted by Crippen LogP contribution is -2.50. The van der Waals surface area contributed by atoms with Gasteiger partial charge < -0.3 is 20.3 Å². The molecule has 10 nitrogen and oxygen atoms in total. The van der Waals surface area contributed by atoms with Crippen LogP contribution in [0.4, 0.5) is 10.6 Å². The molecule has 1 aromatic carbocycles. The fraction of sp³-hybridized carbons (Fsp3) is 0.577. The lowest BCUT2D eigenvalue weighted by molar-refractivity contribution is 0.140. The molecule has 2 aromatic rings. The molecule has 0 spiro atoms. The molecule has 3 aliphatic heterocycles. The van der Waals surface area contributed by atoms with E-state index < -0.39 is 5.69 Å². The standard InChI is InChI=1S/C26H37N7O3.ClH/c27-21-2-1-10-30(12-8-21)11-7-20-3-5-22(6-4-20)33-13-9-24(29-26(33)35)28-25(34)32-16-14-31(15-17-32)18-23-19-36-23;/h3-6,9,13,21,23H,1-2,7-8,10-12,14-19,27H2,(H,28,29,34,35);1H. The van der Waals surface area contributed by atoms with Gasteiger partial charge in [0.2, 0.25) is 0 Å². The van der Waals surface area contributed by atoms with Crippen LogP contribution >= 0.6 is 12.4 Å². The summed E-state index contributed by atoms with van der Waals surface area (Å²) >= 11 is 0. The number of rotatable bonds is 7. The van der Waals surface area contributed by atoms with Gasteiger partial charge in [0.1, 0.15) is 5.82 Å². The Bertz CT molecular complexity index is 1080. The van der Waals surface area contributed by atoms with E-state index in [1.165, 1.54) is 16.6 Å². The zero-order chi connectivity index (χ0) is 24.9. The van der Waals surface area contributed by atoms with Crippen molar-refractivity contribution >= 4 is 24.3 Å². The highest BCUT2D eigenvalue weighted by Gasteiger charge is 2.28. The van der Waals surface area contributed by atoms with Crippen molar-refractivity contribution in [3.05, 3.63) is 52.6 Å². The summed E-state index contributed by atoms with van der Waals surface area (Å²) in [4.78, 5) is 36.0. The highest BCUT2D eigenvalue weighted by Crippen LogP contribution is 2.15. The summed E-state index contributed by atoms with van der Waals surface area (Å²) in [5.41, 5.74) is 7.66. The first-order chi connectivity index (χ1) is 17.5. The maximum atomic E-state index is 12.7. The summed E-state index contributed by atoms with van der Waals surface area (Å²) in [7, 11) is 0. The number of carbonyl (C=O) groups excluding carboxylic acids is 1. The number of hydrogen-bond donors (Lipinski definition) is 2. The molecule has 2 amide bonds. The van der Waals surface area contributed by atoms with Gasteiger partial charge in [-0.1, -0.05) is 12.1 Å². The lowest BCUT2D eigenvalue weighted by Gasteiger charge is -2.34. The predicted molar refractivity (Wildman–Crippen MR) is 146 cm³/mol. The Balaban J connectivity index is 0.00000320. The van der Waals surface area contributed by atoms with Gasteiger partial charge in [-0.05, 0) is 62.5 Å². The molecular formula is C26H38ClN7O3. The monoisotopic (exact) mass is 531 g/mol. The predicted octanol–water partition coefficient (Wildman–Crippen LogP) is 1.56. The summed E-state index contributed by atoms with van der Waals surface area (Å²) in [5, 5.41) is 2.77. The van der Waals surface area contributed by atoms with E-state index in [0.29, 0.717) is 25.2 Å². The number of piperazine rings is 1. The first-order valence-corrected chi connectivity index (χ1v) is 13.1. The fourth-order valence-corrected chi connectivity index (χ4v) is 4.97. The third-order valence-electron chi connectivity index (χ3n) is 7.36. The van der Waals surface area contributed by atoms with E-state index in [4.69, 9.17) is 10.5 Å². The maximum Gasteiger partial charge on any atom is 0.354 e. The van der Waals surface area contributed by atoms with Crippen molar-refractivity contribution in [3.63, 3.8) is 0 Å². The van der Waals surface area contributed by atoms with Gasteiger partial charge in [0.25, 0.3) is 0 Å². The van der Waals surface area contributed by atoms with Gasteiger partial charge >= 0.3 is 11.7 Å². The number of carbonyl (C=O) groups is 1. The van der Waals surface area contributed by atoms with Crippen molar-refractivity contribution in [2.75, 3.05) is 64.3 Å². The van der Waals surface area contributed by atoms with Crippen molar-refractivity contribution in [2.45, 2.75) is 37.8 Å². The molecule has 5 rings (SSSR count). The SMILES string of the molecule is Cl.NC1CCCN(CCc2ccc(-n3ccc(NC(=O)N4CCN(CC5CO5)CC4)nc3=O)cc2)CC1. The minimum atomic E-state index is -0.421. The minimum Gasteiger partial charge on any atom is -0.372 e. The van der Waals surface area contributed by atoms with Crippen LogP contribution in [0.2, 0.25) is 0 Å². The van der Waals surface area contributed by atoms with Crippen LogP contribution in [0.25, 0.3) is 5.69 Å². The number of halogens is 1. The summed E-state index contributed by atoms with van der Waals surface area (Å²) in [5.74, 6) is 0.267. The smallest absolute Gasteiger partial charge is 0.354 e. The number of likely N-dealkylation sites (tertiary alicyclic amines) is 1. The molecule has 0 radical (unpaired) electrons. The number of ether oxygens (including phenoxy) is 1. The second-order valence-corrected chi connectivity index (χ2v) is 10.1. The van der Waals surface area contributed by atoms with Gasteiger partial charge in [0.05, 0.1) is 18.4 Å². The third-order valence-corrected chi connectivity index (χ3v) is 7.36. The van der Waals surface area contributed by atoms with Crippen LogP contribution in [0, 0.1) is 0 Å². The van der Waals surface area contributed by atoms with Gasteiger partial charge in [0, 0.05) is 51.5 Å². The molecule has 3 saturated heterocycles. The summed E-state index contributed by atoms with van der Waals surface area (Å²) in [6, 6.07) is 9.80. The third kappa shape index (κ3) is 7.75. The van der Waals surface area contributed by atoms with Crippen molar-refractivity contribution in [3.8, 4) is 5.69 Å². The Morgan fingerprint density at radius 3 is 2.49 bits per heavy atom. The second kappa shape index (κ2) is 12.8. The number of urea groups is 1.